The van der Waals surface area contributed by atoms with E-state index in [4.69, 9.17) is 16.3 Å². The first-order valence-electron chi connectivity index (χ1n) is 4.47. The maximum atomic E-state index is 5.19. The van der Waals surface area contributed by atoms with Crippen molar-refractivity contribution in [2.75, 3.05) is 19.1 Å². The van der Waals surface area contributed by atoms with E-state index in [1.54, 1.807) is 0 Å². The summed E-state index contributed by atoms with van der Waals surface area (Å²) in [4.78, 5) is 0. The molecule has 0 bridgehead atoms. The number of hydrogen-bond donors (Lipinski definition) is 0. The Kier molecular flexibility index (Phi) is 21.0. The third-order valence-electron chi connectivity index (χ3n) is 0.886. The molecule has 0 saturated heterocycles. The highest BCUT2D eigenvalue weighted by molar-refractivity contribution is 6.17. The van der Waals surface area contributed by atoms with Crippen LogP contribution in [0.3, 0.4) is 0 Å². The van der Waals surface area contributed by atoms with Crippen LogP contribution >= 0.6 is 11.6 Å². The van der Waals surface area contributed by atoms with Crippen LogP contribution in [0.15, 0.2) is 0 Å². The van der Waals surface area contributed by atoms with Crippen molar-refractivity contribution in [2.24, 2.45) is 0 Å². The molecule has 1 nitrogen and oxygen atoms in total. The number of alkyl halides is 1. The largest absolute Gasteiger partial charge is 0.381 e. The van der Waals surface area contributed by atoms with E-state index in [9.17, 15) is 0 Å². The Labute approximate surface area is 76.1 Å². The zero-order valence-corrected chi connectivity index (χ0v) is 8.78. The Morgan fingerprint density at radius 2 is 1.27 bits per heavy atom. The third kappa shape index (κ3) is 25.3. The van der Waals surface area contributed by atoms with Crippen LogP contribution in [0.5, 0.6) is 0 Å². The van der Waals surface area contributed by atoms with Crippen LogP contribution in [0.2, 0.25) is 0 Å². The minimum atomic E-state index is 0.792. The lowest BCUT2D eigenvalue weighted by molar-refractivity contribution is 0.135. The van der Waals surface area contributed by atoms with Gasteiger partial charge in [-0.2, -0.15) is 0 Å². The van der Waals surface area contributed by atoms with Crippen LogP contribution in [-0.4, -0.2) is 19.1 Å². The molecule has 0 aliphatic rings. The van der Waals surface area contributed by atoms with Gasteiger partial charge in [0.2, 0.25) is 0 Å². The number of rotatable bonds is 5. The second-order valence-corrected chi connectivity index (χ2v) is 2.68. The van der Waals surface area contributed by atoms with E-state index >= 15 is 0 Å². The normalized spacial score (nSPS) is 8.73. The molecule has 0 aromatic carbocycles. The quantitative estimate of drug-likeness (QED) is 0.465. The highest BCUT2D eigenvalue weighted by atomic mass is 35.5. The van der Waals surface area contributed by atoms with Gasteiger partial charge in [0.25, 0.3) is 0 Å². The Morgan fingerprint density at radius 3 is 1.45 bits per heavy atom. The summed E-state index contributed by atoms with van der Waals surface area (Å²) in [5, 5.41) is 0. The molecule has 70 valence electrons. The van der Waals surface area contributed by atoms with Gasteiger partial charge < -0.3 is 4.74 Å². The van der Waals surface area contributed by atoms with Gasteiger partial charge >= 0.3 is 0 Å². The molecule has 0 spiro atoms. The second-order valence-electron chi connectivity index (χ2n) is 2.30. The highest BCUT2D eigenvalue weighted by Gasteiger charge is 1.77. The van der Waals surface area contributed by atoms with Gasteiger partial charge in [-0.05, 0) is 19.3 Å². The minimum absolute atomic E-state index is 0.792. The van der Waals surface area contributed by atoms with Crippen molar-refractivity contribution in [3.8, 4) is 0 Å². The van der Waals surface area contributed by atoms with E-state index in [0.717, 1.165) is 38.4 Å². The molecular weight excluding hydrogens is 160 g/mol. The molecule has 0 aromatic rings. The second kappa shape index (κ2) is 16.7. The SMILES string of the molecule is CCCCl.CCCOCCC. The Hall–Kier alpha value is 0.250. The average molecular weight is 181 g/mol. The molecular formula is C9H21ClO. The zero-order chi connectivity index (χ0) is 8.95. The summed E-state index contributed by atoms with van der Waals surface area (Å²) in [6.07, 6.45) is 3.36. The smallest absolute Gasteiger partial charge is 0.0463 e. The average Bonchev–Trinajstić information content (AvgIpc) is 2.06. The number of ether oxygens (including phenoxy) is 1. The van der Waals surface area contributed by atoms with Gasteiger partial charge in [0.1, 0.15) is 0 Å². The Morgan fingerprint density at radius 1 is 0.909 bits per heavy atom. The van der Waals surface area contributed by atoms with Gasteiger partial charge in [-0.25, -0.2) is 0 Å². The van der Waals surface area contributed by atoms with Crippen LogP contribution in [0.4, 0.5) is 0 Å². The molecule has 0 saturated carbocycles. The summed E-state index contributed by atoms with van der Waals surface area (Å²) in [6.45, 7) is 8.14. The molecule has 0 unspecified atom stereocenters. The summed E-state index contributed by atoms with van der Waals surface area (Å²) < 4.78 is 5.13. The number of hydrogen-bond acceptors (Lipinski definition) is 1. The third-order valence-corrected chi connectivity index (χ3v) is 1.26. The van der Waals surface area contributed by atoms with Gasteiger partial charge in [-0.3, -0.25) is 0 Å². The summed E-state index contributed by atoms with van der Waals surface area (Å²) in [6, 6.07) is 0. The fraction of sp³-hybridized carbons (Fsp3) is 1.00. The fourth-order valence-corrected chi connectivity index (χ4v) is 0.391. The molecule has 0 atom stereocenters. The monoisotopic (exact) mass is 180 g/mol. The molecule has 0 amide bonds. The fourth-order valence-electron chi connectivity index (χ4n) is 0.391. The summed E-state index contributed by atoms with van der Waals surface area (Å²) >= 11 is 5.19. The first kappa shape index (κ1) is 13.8. The Bertz CT molecular complexity index is 42.8. The topological polar surface area (TPSA) is 9.23 Å². The van der Waals surface area contributed by atoms with Crippen LogP contribution in [0.1, 0.15) is 40.0 Å². The van der Waals surface area contributed by atoms with Crippen LogP contribution in [0.25, 0.3) is 0 Å². The van der Waals surface area contributed by atoms with E-state index in [1.165, 1.54) is 0 Å². The summed E-state index contributed by atoms with van der Waals surface area (Å²) in [7, 11) is 0. The van der Waals surface area contributed by atoms with Gasteiger partial charge in [-0.1, -0.05) is 20.8 Å². The molecule has 0 aliphatic carbocycles. The van der Waals surface area contributed by atoms with E-state index in [0.29, 0.717) is 0 Å². The molecule has 11 heavy (non-hydrogen) atoms. The molecule has 0 heterocycles. The predicted molar refractivity (Wildman–Crippen MR) is 52.4 cm³/mol. The molecule has 0 fully saturated rings. The van der Waals surface area contributed by atoms with E-state index in [2.05, 4.69) is 13.8 Å². The van der Waals surface area contributed by atoms with Crippen LogP contribution < -0.4 is 0 Å². The molecule has 2 heteroatoms. The Balaban J connectivity index is 0. The highest BCUT2D eigenvalue weighted by Crippen LogP contribution is 1.81. The maximum absolute atomic E-state index is 5.19. The minimum Gasteiger partial charge on any atom is -0.381 e. The maximum Gasteiger partial charge on any atom is 0.0463 e. The molecule has 0 aromatic heterocycles. The molecule has 0 radical (unpaired) electrons. The van der Waals surface area contributed by atoms with Gasteiger partial charge in [0, 0.05) is 19.1 Å². The predicted octanol–water partition coefficient (Wildman–Crippen LogP) is 3.46. The van der Waals surface area contributed by atoms with Crippen LogP contribution in [-0.2, 0) is 4.74 Å². The van der Waals surface area contributed by atoms with Crippen molar-refractivity contribution in [2.45, 2.75) is 40.0 Å². The van der Waals surface area contributed by atoms with Crippen LogP contribution in [0, 0.1) is 0 Å². The van der Waals surface area contributed by atoms with Gasteiger partial charge in [0.15, 0.2) is 0 Å². The first-order valence-corrected chi connectivity index (χ1v) is 5.00. The van der Waals surface area contributed by atoms with Crippen molar-refractivity contribution >= 4 is 11.6 Å². The van der Waals surface area contributed by atoms with Crippen molar-refractivity contribution in [1.82, 2.24) is 0 Å². The molecule has 0 aliphatic heterocycles. The first-order chi connectivity index (χ1) is 5.33. The summed E-state index contributed by atoms with van der Waals surface area (Å²) in [5.74, 6) is 0.792. The lowest BCUT2D eigenvalue weighted by atomic mass is 10.5. The lowest BCUT2D eigenvalue weighted by Crippen LogP contribution is -1.92. The molecule has 0 rings (SSSR count). The molecule has 0 N–H and O–H groups in total. The van der Waals surface area contributed by atoms with Crippen molar-refractivity contribution in [1.29, 1.82) is 0 Å². The zero-order valence-electron chi connectivity index (χ0n) is 8.03. The van der Waals surface area contributed by atoms with Gasteiger partial charge in [-0.15, -0.1) is 11.6 Å². The summed E-state index contributed by atoms with van der Waals surface area (Å²) in [5.41, 5.74) is 0. The van der Waals surface area contributed by atoms with Crippen molar-refractivity contribution in [3.05, 3.63) is 0 Å². The van der Waals surface area contributed by atoms with Crippen molar-refractivity contribution < 1.29 is 4.74 Å². The lowest BCUT2D eigenvalue weighted by Gasteiger charge is -1.95. The van der Waals surface area contributed by atoms with E-state index in [-0.39, 0.29) is 0 Å². The van der Waals surface area contributed by atoms with E-state index in [1.807, 2.05) is 6.92 Å². The van der Waals surface area contributed by atoms with E-state index < -0.39 is 0 Å². The standard InChI is InChI=1S/C6H14O.C3H7Cl/c1-3-5-7-6-4-2;1-2-3-4/h3-6H2,1-2H3;2-3H2,1H3. The number of halogens is 1. The van der Waals surface area contributed by atoms with Crippen molar-refractivity contribution in [3.63, 3.8) is 0 Å². The van der Waals surface area contributed by atoms with Gasteiger partial charge in [0.05, 0.1) is 0 Å².